The number of hydrogen-bond acceptors (Lipinski definition) is 1. The monoisotopic (exact) mass is 225 g/mol. The quantitative estimate of drug-likeness (QED) is 0.722. The number of nitrogens with one attached hydrogen (secondary N) is 1. The van der Waals surface area contributed by atoms with Crippen molar-refractivity contribution in [3.05, 3.63) is 33.8 Å². The van der Waals surface area contributed by atoms with E-state index in [-0.39, 0.29) is 11.9 Å². The van der Waals surface area contributed by atoms with Crippen molar-refractivity contribution in [3.8, 4) is 0 Å². The van der Waals surface area contributed by atoms with Gasteiger partial charge in [0.25, 0.3) is 5.91 Å². The van der Waals surface area contributed by atoms with Crippen molar-refractivity contribution >= 4 is 21.8 Å². The minimum atomic E-state index is 0.0324. The van der Waals surface area contributed by atoms with E-state index >= 15 is 0 Å². The molecule has 1 aliphatic rings. The highest BCUT2D eigenvalue weighted by molar-refractivity contribution is 9.10. The van der Waals surface area contributed by atoms with Gasteiger partial charge in [-0.15, -0.1) is 0 Å². The summed E-state index contributed by atoms with van der Waals surface area (Å²) in [6, 6.07) is 5.86. The van der Waals surface area contributed by atoms with E-state index < -0.39 is 0 Å². The van der Waals surface area contributed by atoms with Gasteiger partial charge in [-0.1, -0.05) is 15.9 Å². The summed E-state index contributed by atoms with van der Waals surface area (Å²) in [6.07, 6.45) is 0. The third-order valence-electron chi connectivity index (χ3n) is 2.07. The van der Waals surface area contributed by atoms with E-state index in [1.54, 1.807) is 0 Å². The molecule has 1 aromatic rings. The zero-order valence-electron chi connectivity index (χ0n) is 6.60. The highest BCUT2D eigenvalue weighted by Gasteiger charge is 2.24. The molecule has 0 saturated heterocycles. The lowest BCUT2D eigenvalue weighted by molar-refractivity contribution is 0.0958. The maximum absolute atomic E-state index is 11.3. The Balaban J connectivity index is 2.60. The molecule has 2 rings (SSSR count). The summed E-state index contributed by atoms with van der Waals surface area (Å²) in [5.41, 5.74) is 1.88. The van der Waals surface area contributed by atoms with Gasteiger partial charge in [0.05, 0.1) is 6.04 Å². The molecule has 0 fully saturated rings. The molecule has 1 N–H and O–H groups in total. The van der Waals surface area contributed by atoms with Gasteiger partial charge < -0.3 is 5.32 Å². The van der Waals surface area contributed by atoms with E-state index in [9.17, 15) is 4.79 Å². The van der Waals surface area contributed by atoms with Crippen LogP contribution in [-0.2, 0) is 0 Å². The van der Waals surface area contributed by atoms with Crippen LogP contribution < -0.4 is 5.32 Å². The number of rotatable bonds is 0. The second-order valence-corrected chi connectivity index (χ2v) is 3.84. The molecule has 0 radical (unpaired) electrons. The average molecular weight is 226 g/mol. The maximum atomic E-state index is 11.3. The van der Waals surface area contributed by atoms with Gasteiger partial charge in [0, 0.05) is 10.0 Å². The minimum absolute atomic E-state index is 0.0324. The minimum Gasteiger partial charge on any atom is -0.345 e. The number of carbonyl (C=O) groups is 1. The summed E-state index contributed by atoms with van der Waals surface area (Å²) in [4.78, 5) is 11.3. The Bertz CT molecular complexity index is 348. The first-order valence-electron chi connectivity index (χ1n) is 3.79. The molecule has 12 heavy (non-hydrogen) atoms. The number of amides is 1. The SMILES string of the molecule is C[C@@H]1NC(=O)c2ccc(Br)cc21. The zero-order chi connectivity index (χ0) is 8.72. The smallest absolute Gasteiger partial charge is 0.252 e. The highest BCUT2D eigenvalue weighted by Crippen LogP contribution is 2.27. The van der Waals surface area contributed by atoms with Crippen LogP contribution in [0.5, 0.6) is 0 Å². The predicted octanol–water partition coefficient (Wildman–Crippen LogP) is 2.25. The molecular formula is C9H8BrNO. The molecule has 0 aliphatic carbocycles. The molecule has 62 valence electrons. The normalized spacial score (nSPS) is 20.5. The third-order valence-corrected chi connectivity index (χ3v) is 2.57. The molecular weight excluding hydrogens is 218 g/mol. The van der Waals surface area contributed by atoms with E-state index in [1.165, 1.54) is 0 Å². The standard InChI is InChI=1S/C9H8BrNO/c1-5-8-4-6(10)2-3-7(8)9(12)11-5/h2-5H,1H3,(H,11,12)/t5-/m0/s1. The topological polar surface area (TPSA) is 29.1 Å². The van der Waals surface area contributed by atoms with Crippen LogP contribution in [-0.4, -0.2) is 5.91 Å². The van der Waals surface area contributed by atoms with Crippen molar-refractivity contribution in [2.24, 2.45) is 0 Å². The largest absolute Gasteiger partial charge is 0.345 e. The number of benzene rings is 1. The summed E-state index contributed by atoms with van der Waals surface area (Å²) in [7, 11) is 0. The summed E-state index contributed by atoms with van der Waals surface area (Å²) in [5.74, 6) is 0.0324. The van der Waals surface area contributed by atoms with Gasteiger partial charge in [-0.3, -0.25) is 4.79 Å². The van der Waals surface area contributed by atoms with Crippen molar-refractivity contribution in [1.82, 2.24) is 5.32 Å². The first-order valence-corrected chi connectivity index (χ1v) is 4.58. The van der Waals surface area contributed by atoms with Crippen LogP contribution in [0.1, 0.15) is 28.9 Å². The second-order valence-electron chi connectivity index (χ2n) is 2.93. The fourth-order valence-corrected chi connectivity index (χ4v) is 1.83. The average Bonchev–Trinajstić information content (AvgIpc) is 2.28. The van der Waals surface area contributed by atoms with Crippen LogP contribution in [0.3, 0.4) is 0 Å². The molecule has 0 spiro atoms. The Labute approximate surface area is 79.1 Å². The first-order chi connectivity index (χ1) is 5.68. The fraction of sp³-hybridized carbons (Fsp3) is 0.222. The summed E-state index contributed by atoms with van der Waals surface area (Å²) < 4.78 is 1.02. The van der Waals surface area contributed by atoms with Crippen LogP contribution >= 0.6 is 15.9 Å². The Morgan fingerprint density at radius 2 is 2.25 bits per heavy atom. The Kier molecular flexibility index (Phi) is 1.68. The molecule has 1 heterocycles. The van der Waals surface area contributed by atoms with Crippen LogP contribution in [0.4, 0.5) is 0 Å². The van der Waals surface area contributed by atoms with E-state index in [0.29, 0.717) is 0 Å². The van der Waals surface area contributed by atoms with E-state index in [2.05, 4.69) is 21.2 Å². The van der Waals surface area contributed by atoms with Crippen molar-refractivity contribution in [2.45, 2.75) is 13.0 Å². The van der Waals surface area contributed by atoms with Crippen LogP contribution in [0.15, 0.2) is 22.7 Å². The molecule has 0 aromatic heterocycles. The maximum Gasteiger partial charge on any atom is 0.252 e. The van der Waals surface area contributed by atoms with Crippen molar-refractivity contribution in [3.63, 3.8) is 0 Å². The lowest BCUT2D eigenvalue weighted by atomic mass is 10.1. The summed E-state index contributed by atoms with van der Waals surface area (Å²) >= 11 is 3.37. The first kappa shape index (κ1) is 7.80. The summed E-state index contributed by atoms with van der Waals surface area (Å²) in [6.45, 7) is 1.98. The molecule has 0 saturated carbocycles. The van der Waals surface area contributed by atoms with Crippen LogP contribution in [0.2, 0.25) is 0 Å². The van der Waals surface area contributed by atoms with Crippen molar-refractivity contribution in [1.29, 1.82) is 0 Å². The van der Waals surface area contributed by atoms with Crippen molar-refractivity contribution in [2.75, 3.05) is 0 Å². The molecule has 2 nitrogen and oxygen atoms in total. The molecule has 1 aromatic carbocycles. The highest BCUT2D eigenvalue weighted by atomic mass is 79.9. The van der Waals surface area contributed by atoms with Crippen LogP contribution in [0.25, 0.3) is 0 Å². The van der Waals surface area contributed by atoms with Gasteiger partial charge in [0.15, 0.2) is 0 Å². The van der Waals surface area contributed by atoms with Gasteiger partial charge in [-0.25, -0.2) is 0 Å². The fourth-order valence-electron chi connectivity index (χ4n) is 1.45. The third kappa shape index (κ3) is 1.05. The number of fused-ring (bicyclic) bond motifs is 1. The van der Waals surface area contributed by atoms with Gasteiger partial charge in [-0.05, 0) is 30.7 Å². The molecule has 3 heteroatoms. The molecule has 0 unspecified atom stereocenters. The van der Waals surface area contributed by atoms with E-state index in [0.717, 1.165) is 15.6 Å². The second kappa shape index (κ2) is 2.59. The van der Waals surface area contributed by atoms with Crippen LogP contribution in [0, 0.1) is 0 Å². The van der Waals surface area contributed by atoms with Gasteiger partial charge in [-0.2, -0.15) is 0 Å². The molecule has 0 bridgehead atoms. The zero-order valence-corrected chi connectivity index (χ0v) is 8.18. The van der Waals surface area contributed by atoms with Gasteiger partial charge in [0.2, 0.25) is 0 Å². The van der Waals surface area contributed by atoms with Gasteiger partial charge in [0.1, 0.15) is 0 Å². The lowest BCUT2D eigenvalue weighted by Gasteiger charge is -2.02. The predicted molar refractivity (Wildman–Crippen MR) is 50.0 cm³/mol. The van der Waals surface area contributed by atoms with E-state index in [1.807, 2.05) is 25.1 Å². The van der Waals surface area contributed by atoms with Crippen molar-refractivity contribution < 1.29 is 4.79 Å². The lowest BCUT2D eigenvalue weighted by Crippen LogP contribution is -2.16. The number of carbonyl (C=O) groups excluding carboxylic acids is 1. The Hall–Kier alpha value is -0.830. The number of halogens is 1. The molecule has 1 amide bonds. The Morgan fingerprint density at radius 1 is 1.50 bits per heavy atom. The summed E-state index contributed by atoms with van der Waals surface area (Å²) in [5, 5.41) is 2.85. The van der Waals surface area contributed by atoms with Gasteiger partial charge >= 0.3 is 0 Å². The number of hydrogen-bond donors (Lipinski definition) is 1. The molecule has 1 atom stereocenters. The molecule has 1 aliphatic heterocycles. The Morgan fingerprint density at radius 3 is 3.00 bits per heavy atom. The van der Waals surface area contributed by atoms with E-state index in [4.69, 9.17) is 0 Å².